The Morgan fingerprint density at radius 3 is 3.06 bits per heavy atom. The maximum absolute atomic E-state index is 11.5. The maximum atomic E-state index is 11.5. The lowest BCUT2D eigenvalue weighted by molar-refractivity contribution is 0.956. The van der Waals surface area contributed by atoms with E-state index in [-0.39, 0.29) is 5.56 Å². The zero-order valence-electron chi connectivity index (χ0n) is 9.90. The fourth-order valence-corrected chi connectivity index (χ4v) is 2.44. The van der Waals surface area contributed by atoms with Crippen LogP contribution in [0.3, 0.4) is 0 Å². The van der Waals surface area contributed by atoms with Crippen LogP contribution in [0.2, 0.25) is 0 Å². The molecule has 3 rings (SSSR count). The molecule has 0 saturated carbocycles. The highest BCUT2D eigenvalue weighted by molar-refractivity contribution is 9.10. The summed E-state index contributed by atoms with van der Waals surface area (Å²) in [6.45, 7) is 1.04. The van der Waals surface area contributed by atoms with Gasteiger partial charge in [-0.05, 0) is 46.1 Å². The summed E-state index contributed by atoms with van der Waals surface area (Å²) < 4.78 is 0.451. The lowest BCUT2D eigenvalue weighted by Crippen LogP contribution is -2.12. The van der Waals surface area contributed by atoms with E-state index in [0.29, 0.717) is 10.3 Å². The molecule has 1 aromatic carbocycles. The Morgan fingerprint density at radius 1 is 1.44 bits per heavy atom. The Hall–Kier alpha value is -1.62. The molecule has 0 bridgehead atoms. The number of halogens is 1. The van der Waals surface area contributed by atoms with Gasteiger partial charge in [0.1, 0.15) is 10.3 Å². The summed E-state index contributed by atoms with van der Waals surface area (Å²) in [6, 6.07) is 6.18. The van der Waals surface area contributed by atoms with Crippen molar-refractivity contribution in [3.8, 4) is 11.4 Å². The number of hydrogen-bond acceptors (Lipinski definition) is 3. The summed E-state index contributed by atoms with van der Waals surface area (Å²) in [6.07, 6.45) is 2.58. The highest BCUT2D eigenvalue weighted by atomic mass is 79.9. The predicted octanol–water partition coefficient (Wildman–Crippen LogP) is 2.19. The average Bonchev–Trinajstić information content (AvgIpc) is 2.74. The standard InChI is InChI=1S/C13H12BrN3O/c1-17-5-4-8-6-9(2-3-11(8)17)12-15-7-10(14)13(18)16-12/h2-3,6-7H,4-5H2,1H3,(H,15,16,18). The number of nitrogens with zero attached hydrogens (tertiary/aromatic N) is 2. The van der Waals surface area contributed by atoms with E-state index in [0.717, 1.165) is 18.5 Å². The van der Waals surface area contributed by atoms with Crippen molar-refractivity contribution in [1.82, 2.24) is 9.97 Å². The van der Waals surface area contributed by atoms with E-state index < -0.39 is 0 Å². The van der Waals surface area contributed by atoms with E-state index in [1.54, 1.807) is 0 Å². The Balaban J connectivity index is 2.08. The van der Waals surface area contributed by atoms with Crippen molar-refractivity contribution >= 4 is 21.6 Å². The molecular formula is C13H12BrN3O. The first-order chi connectivity index (χ1) is 8.65. The van der Waals surface area contributed by atoms with E-state index >= 15 is 0 Å². The van der Waals surface area contributed by atoms with Gasteiger partial charge in [0.2, 0.25) is 0 Å². The van der Waals surface area contributed by atoms with E-state index in [9.17, 15) is 4.79 Å². The van der Waals surface area contributed by atoms with Crippen LogP contribution in [0.4, 0.5) is 5.69 Å². The summed E-state index contributed by atoms with van der Waals surface area (Å²) in [4.78, 5) is 20.8. The van der Waals surface area contributed by atoms with Crippen molar-refractivity contribution in [2.45, 2.75) is 6.42 Å². The van der Waals surface area contributed by atoms with Crippen LogP contribution in [0, 0.1) is 0 Å². The van der Waals surface area contributed by atoms with Crippen molar-refractivity contribution in [1.29, 1.82) is 0 Å². The Bertz CT molecular complexity index is 666. The summed E-state index contributed by atoms with van der Waals surface area (Å²) in [5, 5.41) is 0. The summed E-state index contributed by atoms with van der Waals surface area (Å²) >= 11 is 3.15. The Morgan fingerprint density at radius 2 is 2.28 bits per heavy atom. The second-order valence-corrected chi connectivity index (χ2v) is 5.28. The highest BCUT2D eigenvalue weighted by Gasteiger charge is 2.16. The quantitative estimate of drug-likeness (QED) is 0.878. The number of likely N-dealkylation sites (N-methyl/N-ethyl adjacent to an activating group) is 1. The minimum Gasteiger partial charge on any atom is -0.374 e. The van der Waals surface area contributed by atoms with Crippen LogP contribution in [-0.2, 0) is 6.42 Å². The first kappa shape index (κ1) is 11.5. The van der Waals surface area contributed by atoms with Gasteiger partial charge in [0.05, 0.1) is 0 Å². The fraction of sp³-hybridized carbons (Fsp3) is 0.231. The second-order valence-electron chi connectivity index (χ2n) is 4.42. The lowest BCUT2D eigenvalue weighted by Gasteiger charge is -2.11. The van der Waals surface area contributed by atoms with Gasteiger partial charge in [-0.1, -0.05) is 0 Å². The van der Waals surface area contributed by atoms with Gasteiger partial charge in [0.25, 0.3) is 5.56 Å². The number of aromatic nitrogens is 2. The molecule has 2 heterocycles. The molecule has 1 N–H and O–H groups in total. The van der Waals surface area contributed by atoms with Gasteiger partial charge in [-0.15, -0.1) is 0 Å². The molecule has 2 aromatic rings. The number of benzene rings is 1. The van der Waals surface area contributed by atoms with E-state index in [1.165, 1.54) is 17.4 Å². The molecule has 92 valence electrons. The molecule has 5 heteroatoms. The van der Waals surface area contributed by atoms with Crippen molar-refractivity contribution in [3.63, 3.8) is 0 Å². The number of rotatable bonds is 1. The first-order valence-electron chi connectivity index (χ1n) is 5.74. The molecule has 0 atom stereocenters. The van der Waals surface area contributed by atoms with Gasteiger partial charge in [-0.25, -0.2) is 4.98 Å². The normalized spacial score (nSPS) is 13.8. The van der Waals surface area contributed by atoms with Gasteiger partial charge in [-0.2, -0.15) is 0 Å². The monoisotopic (exact) mass is 305 g/mol. The third-order valence-electron chi connectivity index (χ3n) is 3.24. The number of H-pyrrole nitrogens is 1. The Labute approximate surface area is 113 Å². The summed E-state index contributed by atoms with van der Waals surface area (Å²) in [5.41, 5.74) is 3.37. The van der Waals surface area contributed by atoms with Crippen LogP contribution in [0.1, 0.15) is 5.56 Å². The smallest absolute Gasteiger partial charge is 0.265 e. The van der Waals surface area contributed by atoms with Crippen molar-refractivity contribution in [2.24, 2.45) is 0 Å². The van der Waals surface area contributed by atoms with Crippen LogP contribution in [0.15, 0.2) is 33.7 Å². The molecule has 1 aliphatic heterocycles. The Kier molecular flexibility index (Phi) is 2.70. The summed E-state index contributed by atoms with van der Waals surface area (Å²) in [5.74, 6) is 0.612. The highest BCUT2D eigenvalue weighted by Crippen LogP contribution is 2.29. The van der Waals surface area contributed by atoms with Gasteiger partial charge in [-0.3, -0.25) is 4.79 Å². The molecule has 0 spiro atoms. The topological polar surface area (TPSA) is 49.0 Å². The van der Waals surface area contributed by atoms with Crippen LogP contribution in [0.5, 0.6) is 0 Å². The van der Waals surface area contributed by atoms with Crippen molar-refractivity contribution in [3.05, 3.63) is 44.8 Å². The molecule has 0 aliphatic carbocycles. The molecule has 1 aromatic heterocycles. The molecular weight excluding hydrogens is 294 g/mol. The number of hydrogen-bond donors (Lipinski definition) is 1. The zero-order chi connectivity index (χ0) is 12.7. The molecule has 0 saturated heterocycles. The molecule has 18 heavy (non-hydrogen) atoms. The van der Waals surface area contributed by atoms with Gasteiger partial charge >= 0.3 is 0 Å². The number of anilines is 1. The van der Waals surface area contributed by atoms with Gasteiger partial charge in [0, 0.05) is 31.0 Å². The van der Waals surface area contributed by atoms with Crippen LogP contribution in [0.25, 0.3) is 11.4 Å². The maximum Gasteiger partial charge on any atom is 0.265 e. The molecule has 0 radical (unpaired) electrons. The minimum atomic E-state index is -0.155. The van der Waals surface area contributed by atoms with Crippen LogP contribution in [-0.4, -0.2) is 23.6 Å². The molecule has 4 nitrogen and oxygen atoms in total. The van der Waals surface area contributed by atoms with E-state index in [1.807, 2.05) is 6.07 Å². The SMILES string of the molecule is CN1CCc2cc(-c3ncc(Br)c(=O)[nH]3)ccc21. The number of nitrogens with one attached hydrogen (secondary N) is 1. The van der Waals surface area contributed by atoms with Crippen LogP contribution >= 0.6 is 15.9 Å². The number of fused-ring (bicyclic) bond motifs is 1. The van der Waals surface area contributed by atoms with Crippen molar-refractivity contribution in [2.75, 3.05) is 18.5 Å². The minimum absolute atomic E-state index is 0.155. The van der Waals surface area contributed by atoms with Crippen molar-refractivity contribution < 1.29 is 0 Å². The van der Waals surface area contributed by atoms with E-state index in [4.69, 9.17) is 0 Å². The molecule has 0 amide bonds. The second kappa shape index (κ2) is 4.24. The third-order valence-corrected chi connectivity index (χ3v) is 3.80. The zero-order valence-corrected chi connectivity index (χ0v) is 11.5. The largest absolute Gasteiger partial charge is 0.374 e. The molecule has 0 fully saturated rings. The molecule has 0 unspecified atom stereocenters. The van der Waals surface area contributed by atoms with Gasteiger partial charge in [0.15, 0.2) is 0 Å². The molecule has 1 aliphatic rings. The first-order valence-corrected chi connectivity index (χ1v) is 6.54. The van der Waals surface area contributed by atoms with E-state index in [2.05, 4.69) is 50.0 Å². The number of aromatic amines is 1. The average molecular weight is 306 g/mol. The summed E-state index contributed by atoms with van der Waals surface area (Å²) in [7, 11) is 2.09. The predicted molar refractivity (Wildman–Crippen MR) is 75.0 cm³/mol. The van der Waals surface area contributed by atoms with Crippen LogP contribution < -0.4 is 10.5 Å². The third kappa shape index (κ3) is 1.84. The lowest BCUT2D eigenvalue weighted by atomic mass is 10.1. The van der Waals surface area contributed by atoms with Gasteiger partial charge < -0.3 is 9.88 Å². The fourth-order valence-electron chi connectivity index (χ4n) is 2.24.